The van der Waals surface area contributed by atoms with Gasteiger partial charge in [0.1, 0.15) is 0 Å². The van der Waals surface area contributed by atoms with Gasteiger partial charge in [0, 0.05) is 4.88 Å². The summed E-state index contributed by atoms with van der Waals surface area (Å²) in [6.07, 6.45) is 0. The number of thiophene rings is 1. The van der Waals surface area contributed by atoms with Crippen molar-refractivity contribution in [1.29, 1.82) is 0 Å². The van der Waals surface area contributed by atoms with Crippen molar-refractivity contribution in [3.63, 3.8) is 0 Å². The maximum Gasteiger partial charge on any atom is 0.241 e. The molecule has 90 valence electrons. The van der Waals surface area contributed by atoms with Crippen molar-refractivity contribution in [1.82, 2.24) is 4.72 Å². The smallest absolute Gasteiger partial charge is 0.207 e. The lowest BCUT2D eigenvalue weighted by Crippen LogP contribution is -2.26. The molecule has 0 saturated heterocycles. The zero-order chi connectivity index (χ0) is 12.3. The molecule has 0 bridgehead atoms. The Morgan fingerprint density at radius 3 is 2.41 bits per heavy atom. The van der Waals surface area contributed by atoms with Crippen LogP contribution in [0, 0.1) is 0 Å². The van der Waals surface area contributed by atoms with E-state index in [0.29, 0.717) is 4.90 Å². The molecule has 0 aliphatic carbocycles. The van der Waals surface area contributed by atoms with Gasteiger partial charge in [-0.1, -0.05) is 24.3 Å². The molecule has 1 unspecified atom stereocenters. The Morgan fingerprint density at radius 1 is 1.12 bits per heavy atom. The van der Waals surface area contributed by atoms with E-state index in [2.05, 4.69) is 4.72 Å². The van der Waals surface area contributed by atoms with E-state index in [9.17, 15) is 8.42 Å². The summed E-state index contributed by atoms with van der Waals surface area (Å²) in [6, 6.07) is 12.0. The van der Waals surface area contributed by atoms with Gasteiger partial charge < -0.3 is 0 Å². The maximum absolute atomic E-state index is 12.0. The first-order valence-corrected chi connectivity index (χ1v) is 7.56. The molecule has 5 heteroatoms. The summed E-state index contributed by atoms with van der Waals surface area (Å²) in [6.45, 7) is 1.84. The highest BCUT2D eigenvalue weighted by Crippen LogP contribution is 2.20. The molecule has 1 atom stereocenters. The fraction of sp³-hybridized carbons (Fsp3) is 0.167. The van der Waals surface area contributed by atoms with Crippen LogP contribution in [0.15, 0.2) is 52.7 Å². The fourth-order valence-corrected chi connectivity index (χ4v) is 3.55. The third kappa shape index (κ3) is 2.94. The van der Waals surface area contributed by atoms with E-state index in [1.807, 2.05) is 24.4 Å². The average Bonchev–Trinajstić information content (AvgIpc) is 2.83. The molecule has 1 aromatic carbocycles. The highest BCUT2D eigenvalue weighted by atomic mass is 32.2. The molecule has 2 aromatic rings. The summed E-state index contributed by atoms with van der Waals surface area (Å²) >= 11 is 1.54. The Balaban J connectivity index is 2.19. The first kappa shape index (κ1) is 12.3. The Labute approximate surface area is 105 Å². The molecule has 0 radical (unpaired) electrons. The average molecular weight is 267 g/mol. The minimum absolute atomic E-state index is 0.208. The molecule has 0 saturated carbocycles. The molecule has 0 aliphatic rings. The van der Waals surface area contributed by atoms with Gasteiger partial charge in [0.15, 0.2) is 0 Å². The number of hydrogen-bond donors (Lipinski definition) is 1. The Bertz CT molecular complexity index is 562. The quantitative estimate of drug-likeness (QED) is 0.926. The molecular weight excluding hydrogens is 254 g/mol. The van der Waals surface area contributed by atoms with Gasteiger partial charge in [-0.3, -0.25) is 0 Å². The normalized spacial score (nSPS) is 13.5. The van der Waals surface area contributed by atoms with Gasteiger partial charge in [0.2, 0.25) is 10.0 Å². The van der Waals surface area contributed by atoms with Crippen LogP contribution in [-0.4, -0.2) is 8.42 Å². The molecule has 3 nitrogen and oxygen atoms in total. The molecule has 2 rings (SSSR count). The second kappa shape index (κ2) is 5.00. The van der Waals surface area contributed by atoms with Gasteiger partial charge in [-0.2, -0.15) is 0 Å². The maximum atomic E-state index is 12.0. The number of hydrogen-bond acceptors (Lipinski definition) is 3. The molecule has 1 aromatic heterocycles. The van der Waals surface area contributed by atoms with Gasteiger partial charge in [-0.05, 0) is 30.5 Å². The summed E-state index contributed by atoms with van der Waals surface area (Å²) in [5.41, 5.74) is 0. The predicted molar refractivity (Wildman–Crippen MR) is 69.5 cm³/mol. The van der Waals surface area contributed by atoms with E-state index in [1.165, 1.54) is 11.3 Å². The van der Waals surface area contributed by atoms with Crippen LogP contribution in [0.25, 0.3) is 0 Å². The second-order valence-corrected chi connectivity index (χ2v) is 6.36. The minimum atomic E-state index is -3.43. The highest BCUT2D eigenvalue weighted by Gasteiger charge is 2.18. The summed E-state index contributed by atoms with van der Waals surface area (Å²) in [4.78, 5) is 1.30. The van der Waals surface area contributed by atoms with Crippen LogP contribution in [0.3, 0.4) is 0 Å². The number of nitrogens with one attached hydrogen (secondary N) is 1. The number of benzene rings is 1. The van der Waals surface area contributed by atoms with E-state index in [1.54, 1.807) is 30.3 Å². The van der Waals surface area contributed by atoms with Gasteiger partial charge in [-0.25, -0.2) is 13.1 Å². The molecular formula is C12H13NO2S2. The van der Waals surface area contributed by atoms with Gasteiger partial charge >= 0.3 is 0 Å². The SMILES string of the molecule is CC(NS(=O)(=O)c1ccccc1)c1cccs1. The lowest BCUT2D eigenvalue weighted by Gasteiger charge is -2.12. The minimum Gasteiger partial charge on any atom is -0.207 e. The Morgan fingerprint density at radius 2 is 1.82 bits per heavy atom. The lowest BCUT2D eigenvalue weighted by molar-refractivity contribution is 0.568. The third-order valence-corrected chi connectivity index (χ3v) is 4.97. The van der Waals surface area contributed by atoms with E-state index < -0.39 is 10.0 Å². The third-order valence-electron chi connectivity index (χ3n) is 2.36. The van der Waals surface area contributed by atoms with Crippen LogP contribution in [0.5, 0.6) is 0 Å². The largest absolute Gasteiger partial charge is 0.241 e. The molecule has 1 heterocycles. The second-order valence-electron chi connectivity index (χ2n) is 3.67. The standard InChI is InChI=1S/C12H13NO2S2/c1-10(12-8-5-9-16-12)13-17(14,15)11-6-3-2-4-7-11/h2-10,13H,1H3. The molecule has 0 amide bonds. The topological polar surface area (TPSA) is 46.2 Å². The monoisotopic (exact) mass is 267 g/mol. The summed E-state index contributed by atoms with van der Waals surface area (Å²) < 4.78 is 26.7. The van der Waals surface area contributed by atoms with Crippen molar-refractivity contribution < 1.29 is 8.42 Å². The molecule has 0 aliphatic heterocycles. The van der Waals surface area contributed by atoms with Crippen LogP contribution in [0.2, 0.25) is 0 Å². The van der Waals surface area contributed by atoms with Crippen LogP contribution in [-0.2, 0) is 10.0 Å². The zero-order valence-corrected chi connectivity index (χ0v) is 11.0. The molecule has 0 fully saturated rings. The predicted octanol–water partition coefficient (Wildman–Crippen LogP) is 2.79. The summed E-state index contributed by atoms with van der Waals surface area (Å²) in [5, 5.41) is 1.93. The molecule has 17 heavy (non-hydrogen) atoms. The van der Waals surface area contributed by atoms with E-state index >= 15 is 0 Å². The van der Waals surface area contributed by atoms with E-state index in [0.717, 1.165) is 4.88 Å². The molecule has 0 spiro atoms. The van der Waals surface area contributed by atoms with E-state index in [-0.39, 0.29) is 6.04 Å². The van der Waals surface area contributed by atoms with Crippen molar-refractivity contribution in [2.75, 3.05) is 0 Å². The zero-order valence-electron chi connectivity index (χ0n) is 9.33. The fourth-order valence-electron chi connectivity index (χ4n) is 1.50. The van der Waals surface area contributed by atoms with Crippen molar-refractivity contribution in [2.45, 2.75) is 17.9 Å². The van der Waals surface area contributed by atoms with Gasteiger partial charge in [-0.15, -0.1) is 11.3 Å². The number of sulfonamides is 1. The number of rotatable bonds is 4. The first-order valence-electron chi connectivity index (χ1n) is 5.20. The van der Waals surface area contributed by atoms with Gasteiger partial charge in [0.05, 0.1) is 10.9 Å². The Hall–Kier alpha value is -1.17. The van der Waals surface area contributed by atoms with Gasteiger partial charge in [0.25, 0.3) is 0 Å². The lowest BCUT2D eigenvalue weighted by atomic mass is 10.3. The highest BCUT2D eigenvalue weighted by molar-refractivity contribution is 7.89. The van der Waals surface area contributed by atoms with Crippen LogP contribution >= 0.6 is 11.3 Å². The van der Waals surface area contributed by atoms with Crippen molar-refractivity contribution in [3.05, 3.63) is 52.7 Å². The van der Waals surface area contributed by atoms with Crippen molar-refractivity contribution >= 4 is 21.4 Å². The van der Waals surface area contributed by atoms with E-state index in [4.69, 9.17) is 0 Å². The first-order chi connectivity index (χ1) is 8.09. The van der Waals surface area contributed by atoms with Crippen molar-refractivity contribution in [2.24, 2.45) is 0 Å². The summed E-state index contributed by atoms with van der Waals surface area (Å²) in [7, 11) is -3.43. The van der Waals surface area contributed by atoms with Crippen LogP contribution in [0.1, 0.15) is 17.8 Å². The van der Waals surface area contributed by atoms with Crippen molar-refractivity contribution in [3.8, 4) is 0 Å². The Kier molecular flexibility index (Phi) is 3.61. The van der Waals surface area contributed by atoms with Crippen LogP contribution < -0.4 is 4.72 Å². The van der Waals surface area contributed by atoms with Crippen LogP contribution in [0.4, 0.5) is 0 Å². The summed E-state index contributed by atoms with van der Waals surface area (Å²) in [5.74, 6) is 0. The molecule has 1 N–H and O–H groups in total.